The Bertz CT molecular complexity index is 1080. The second-order valence-corrected chi connectivity index (χ2v) is 21.4. The van der Waals surface area contributed by atoms with E-state index in [0.717, 1.165) is 51.4 Å². The summed E-state index contributed by atoms with van der Waals surface area (Å²) < 4.78 is 5.47. The fourth-order valence-corrected chi connectivity index (χ4v) is 9.74. The summed E-state index contributed by atoms with van der Waals surface area (Å²) in [5, 5.41) is 23.3. The molecular formula is C63H121NO5. The summed E-state index contributed by atoms with van der Waals surface area (Å²) in [6.07, 6.45) is 71.8. The van der Waals surface area contributed by atoms with Crippen LogP contribution in [0.5, 0.6) is 0 Å². The van der Waals surface area contributed by atoms with Gasteiger partial charge in [0.15, 0.2) is 0 Å². The normalized spacial score (nSPS) is 12.7. The lowest BCUT2D eigenvalue weighted by Crippen LogP contribution is -2.45. The van der Waals surface area contributed by atoms with Crippen LogP contribution in [-0.4, -0.2) is 47.4 Å². The molecule has 1 amide bonds. The monoisotopic (exact) mass is 972 g/mol. The SMILES string of the molecule is CCC/C=C\C/C=C\CCCCCCCC(=O)OCCCCCCCCCCCCCCCCCCCCCCCC(=O)NC(CO)C(O)CCCCCCCCCCCCCCCCCCCC. The van der Waals surface area contributed by atoms with Crippen LogP contribution in [0.15, 0.2) is 24.3 Å². The number of allylic oxidation sites excluding steroid dienone is 4. The van der Waals surface area contributed by atoms with Gasteiger partial charge in [-0.05, 0) is 51.4 Å². The van der Waals surface area contributed by atoms with Crippen LogP contribution in [0, 0.1) is 0 Å². The standard InChI is InChI=1S/C63H121NO5/c1-3-5-7-9-11-13-15-17-18-19-25-28-32-35-39-43-47-51-55-61(66)60(59-65)64-62(67)56-52-48-44-40-36-33-29-26-23-21-20-22-24-27-30-34-38-42-46-50-54-58-69-63(68)57-53-49-45-41-37-31-16-14-12-10-8-6-4-2/h8,10,14,16,60-61,65-66H,3-7,9,11-13,15,17-59H2,1-2H3,(H,64,67)/b10-8-,16-14-. The molecule has 0 rings (SSSR count). The molecule has 2 atom stereocenters. The van der Waals surface area contributed by atoms with E-state index in [1.54, 1.807) is 0 Å². The predicted octanol–water partition coefficient (Wildman–Crippen LogP) is 19.4. The van der Waals surface area contributed by atoms with Crippen LogP contribution in [0.4, 0.5) is 0 Å². The number of aliphatic hydroxyl groups is 2. The molecule has 69 heavy (non-hydrogen) atoms. The van der Waals surface area contributed by atoms with E-state index in [0.29, 0.717) is 25.9 Å². The molecule has 6 heteroatoms. The van der Waals surface area contributed by atoms with Crippen LogP contribution in [0.1, 0.15) is 341 Å². The van der Waals surface area contributed by atoms with E-state index in [9.17, 15) is 19.8 Å². The van der Waals surface area contributed by atoms with Crippen LogP contribution < -0.4 is 5.32 Å². The minimum absolute atomic E-state index is 0.00287. The zero-order chi connectivity index (χ0) is 50.0. The predicted molar refractivity (Wildman–Crippen MR) is 301 cm³/mol. The maximum absolute atomic E-state index is 12.5. The zero-order valence-electron chi connectivity index (χ0n) is 46.6. The molecule has 0 aliphatic heterocycles. The Morgan fingerprint density at radius 3 is 1.16 bits per heavy atom. The molecule has 0 aliphatic carbocycles. The summed E-state index contributed by atoms with van der Waals surface area (Å²) in [4.78, 5) is 24.5. The van der Waals surface area contributed by atoms with Gasteiger partial charge in [-0.2, -0.15) is 0 Å². The van der Waals surface area contributed by atoms with Gasteiger partial charge >= 0.3 is 5.97 Å². The average molecular weight is 973 g/mol. The molecule has 0 saturated heterocycles. The highest BCUT2D eigenvalue weighted by molar-refractivity contribution is 5.76. The third kappa shape index (κ3) is 55.5. The number of aliphatic hydroxyl groups excluding tert-OH is 2. The maximum Gasteiger partial charge on any atom is 0.305 e. The Morgan fingerprint density at radius 2 is 0.754 bits per heavy atom. The summed E-state index contributed by atoms with van der Waals surface area (Å²) in [7, 11) is 0. The van der Waals surface area contributed by atoms with E-state index >= 15 is 0 Å². The first-order valence-electron chi connectivity index (χ1n) is 31.1. The van der Waals surface area contributed by atoms with Crippen LogP contribution in [-0.2, 0) is 14.3 Å². The van der Waals surface area contributed by atoms with Gasteiger partial charge < -0.3 is 20.3 Å². The first-order chi connectivity index (χ1) is 34.0. The van der Waals surface area contributed by atoms with Crippen molar-refractivity contribution < 1.29 is 24.5 Å². The van der Waals surface area contributed by atoms with E-state index in [1.165, 1.54) is 257 Å². The molecule has 0 fully saturated rings. The van der Waals surface area contributed by atoms with Crippen molar-refractivity contribution in [2.24, 2.45) is 0 Å². The van der Waals surface area contributed by atoms with E-state index in [-0.39, 0.29) is 18.5 Å². The number of ether oxygens (including phenoxy) is 1. The molecule has 0 spiro atoms. The van der Waals surface area contributed by atoms with E-state index < -0.39 is 12.1 Å². The van der Waals surface area contributed by atoms with Crippen LogP contribution >= 0.6 is 0 Å². The lowest BCUT2D eigenvalue weighted by Gasteiger charge is -2.22. The largest absolute Gasteiger partial charge is 0.466 e. The van der Waals surface area contributed by atoms with Crippen molar-refractivity contribution in [3.05, 3.63) is 24.3 Å². The second-order valence-electron chi connectivity index (χ2n) is 21.4. The first kappa shape index (κ1) is 67.3. The molecular weight excluding hydrogens is 851 g/mol. The number of carbonyl (C=O) groups is 2. The van der Waals surface area contributed by atoms with Gasteiger partial charge in [0.05, 0.1) is 25.4 Å². The molecule has 408 valence electrons. The van der Waals surface area contributed by atoms with Crippen molar-refractivity contribution in [3.63, 3.8) is 0 Å². The fraction of sp³-hybridized carbons (Fsp3) is 0.905. The van der Waals surface area contributed by atoms with Crippen molar-refractivity contribution in [2.75, 3.05) is 13.2 Å². The van der Waals surface area contributed by atoms with E-state index in [1.807, 2.05) is 0 Å². The van der Waals surface area contributed by atoms with E-state index in [2.05, 4.69) is 43.5 Å². The van der Waals surface area contributed by atoms with Gasteiger partial charge in [0, 0.05) is 12.8 Å². The summed E-state index contributed by atoms with van der Waals surface area (Å²) >= 11 is 0. The van der Waals surface area contributed by atoms with Gasteiger partial charge in [-0.1, -0.05) is 301 Å². The molecule has 2 unspecified atom stereocenters. The van der Waals surface area contributed by atoms with Gasteiger partial charge in [-0.3, -0.25) is 9.59 Å². The number of esters is 1. The first-order valence-corrected chi connectivity index (χ1v) is 31.1. The molecule has 0 heterocycles. The third-order valence-electron chi connectivity index (χ3n) is 14.5. The molecule has 0 saturated carbocycles. The molecule has 3 N–H and O–H groups in total. The van der Waals surface area contributed by atoms with Crippen LogP contribution in [0.25, 0.3) is 0 Å². The molecule has 0 aromatic heterocycles. The van der Waals surface area contributed by atoms with Crippen molar-refractivity contribution in [1.82, 2.24) is 5.32 Å². The minimum atomic E-state index is -0.665. The number of nitrogens with one attached hydrogen (secondary N) is 1. The van der Waals surface area contributed by atoms with Crippen molar-refractivity contribution in [2.45, 2.75) is 353 Å². The Morgan fingerprint density at radius 1 is 0.406 bits per heavy atom. The van der Waals surface area contributed by atoms with Crippen molar-refractivity contribution in [3.8, 4) is 0 Å². The summed E-state index contributed by atoms with van der Waals surface area (Å²) in [6, 6.07) is -0.543. The second kappa shape index (κ2) is 58.9. The molecule has 0 bridgehead atoms. The molecule has 0 aromatic carbocycles. The number of hydrogen-bond acceptors (Lipinski definition) is 5. The number of unbranched alkanes of at least 4 members (excludes halogenated alkanes) is 43. The van der Waals surface area contributed by atoms with E-state index in [4.69, 9.17) is 4.74 Å². The Balaban J connectivity index is 3.39. The fourth-order valence-electron chi connectivity index (χ4n) is 9.74. The number of amides is 1. The highest BCUT2D eigenvalue weighted by Crippen LogP contribution is 2.18. The highest BCUT2D eigenvalue weighted by atomic mass is 16.5. The molecule has 0 radical (unpaired) electrons. The van der Waals surface area contributed by atoms with Crippen molar-refractivity contribution in [1.29, 1.82) is 0 Å². The number of carbonyl (C=O) groups excluding carboxylic acids is 2. The minimum Gasteiger partial charge on any atom is -0.466 e. The molecule has 0 aliphatic rings. The topological polar surface area (TPSA) is 95.9 Å². The molecule has 6 nitrogen and oxygen atoms in total. The van der Waals surface area contributed by atoms with Crippen LogP contribution in [0.3, 0.4) is 0 Å². The quantitative estimate of drug-likeness (QED) is 0.0321. The van der Waals surface area contributed by atoms with Gasteiger partial charge in [0.1, 0.15) is 0 Å². The smallest absolute Gasteiger partial charge is 0.305 e. The Kier molecular flexibility index (Phi) is 57.5. The Labute approximate surface area is 431 Å². The van der Waals surface area contributed by atoms with Crippen molar-refractivity contribution >= 4 is 11.9 Å². The van der Waals surface area contributed by atoms with Gasteiger partial charge in [0.2, 0.25) is 5.91 Å². The number of rotatable bonds is 58. The van der Waals surface area contributed by atoms with Gasteiger partial charge in [-0.25, -0.2) is 0 Å². The number of hydrogen-bond donors (Lipinski definition) is 3. The lowest BCUT2D eigenvalue weighted by atomic mass is 10.0. The molecule has 0 aromatic rings. The van der Waals surface area contributed by atoms with Gasteiger partial charge in [-0.15, -0.1) is 0 Å². The summed E-state index contributed by atoms with van der Waals surface area (Å²) in [5.74, 6) is -0.0362. The maximum atomic E-state index is 12.5. The summed E-state index contributed by atoms with van der Waals surface area (Å²) in [5.41, 5.74) is 0. The zero-order valence-corrected chi connectivity index (χ0v) is 46.6. The summed E-state index contributed by atoms with van der Waals surface area (Å²) in [6.45, 7) is 4.90. The van der Waals surface area contributed by atoms with Crippen LogP contribution in [0.2, 0.25) is 0 Å². The average Bonchev–Trinajstić information content (AvgIpc) is 3.35. The lowest BCUT2D eigenvalue weighted by molar-refractivity contribution is -0.143. The Hall–Kier alpha value is -1.66. The third-order valence-corrected chi connectivity index (χ3v) is 14.5. The van der Waals surface area contributed by atoms with Gasteiger partial charge in [0.25, 0.3) is 0 Å². The highest BCUT2D eigenvalue weighted by Gasteiger charge is 2.20.